The Hall–Kier alpha value is -1.71. The van der Waals surface area contributed by atoms with Gasteiger partial charge in [0.25, 0.3) is 5.91 Å². The molecule has 0 saturated heterocycles. The van der Waals surface area contributed by atoms with Crippen LogP contribution >= 0.6 is 0 Å². The van der Waals surface area contributed by atoms with E-state index in [1.807, 2.05) is 0 Å². The molecule has 0 aliphatic carbocycles. The predicted octanol–water partition coefficient (Wildman–Crippen LogP) is 2.20. The van der Waals surface area contributed by atoms with Gasteiger partial charge in [-0.15, -0.1) is 0 Å². The molecule has 0 spiro atoms. The van der Waals surface area contributed by atoms with Crippen molar-refractivity contribution in [3.63, 3.8) is 0 Å². The number of carbonyl (C=O) groups is 1. The minimum Gasteiger partial charge on any atom is -0.497 e. The first-order valence-electron chi connectivity index (χ1n) is 5.90. The Bertz CT molecular complexity index is 378. The molecule has 0 atom stereocenters. The lowest BCUT2D eigenvalue weighted by atomic mass is 10.1. The van der Waals surface area contributed by atoms with Crippen molar-refractivity contribution in [2.45, 2.75) is 26.2 Å². The highest BCUT2D eigenvalue weighted by molar-refractivity contribution is 5.95. The number of unbranched alkanes of at least 4 members (excludes halogenated alkanes) is 2. The van der Waals surface area contributed by atoms with E-state index in [0.29, 0.717) is 23.5 Å². The van der Waals surface area contributed by atoms with Gasteiger partial charge in [-0.3, -0.25) is 4.79 Å². The van der Waals surface area contributed by atoms with E-state index in [1.54, 1.807) is 25.3 Å². The number of hydrogen-bond donors (Lipinski definition) is 2. The van der Waals surface area contributed by atoms with Crippen molar-refractivity contribution in [1.82, 2.24) is 5.32 Å². The normalized spacial score (nSPS) is 10.0. The fourth-order valence-corrected chi connectivity index (χ4v) is 1.55. The SMILES string of the molecule is CCCCCNC(=O)c1cc(N)cc(OC)c1. The molecule has 0 heterocycles. The molecule has 3 N–H and O–H groups in total. The summed E-state index contributed by atoms with van der Waals surface area (Å²) >= 11 is 0. The molecular weight excluding hydrogens is 216 g/mol. The van der Waals surface area contributed by atoms with Gasteiger partial charge >= 0.3 is 0 Å². The highest BCUT2D eigenvalue weighted by Crippen LogP contribution is 2.18. The van der Waals surface area contributed by atoms with Gasteiger partial charge in [0.15, 0.2) is 0 Å². The number of nitrogens with two attached hydrogens (primary N) is 1. The number of carbonyl (C=O) groups excluding carboxylic acids is 1. The van der Waals surface area contributed by atoms with Crippen LogP contribution in [0.3, 0.4) is 0 Å². The number of nitrogens with one attached hydrogen (secondary N) is 1. The Morgan fingerprint density at radius 3 is 2.76 bits per heavy atom. The predicted molar refractivity (Wildman–Crippen MR) is 69.3 cm³/mol. The number of hydrogen-bond acceptors (Lipinski definition) is 3. The van der Waals surface area contributed by atoms with Crippen molar-refractivity contribution in [3.05, 3.63) is 23.8 Å². The summed E-state index contributed by atoms with van der Waals surface area (Å²) in [7, 11) is 1.55. The molecule has 0 saturated carbocycles. The summed E-state index contributed by atoms with van der Waals surface area (Å²) in [5, 5.41) is 2.86. The van der Waals surface area contributed by atoms with Crippen LogP contribution < -0.4 is 15.8 Å². The van der Waals surface area contributed by atoms with Crippen LogP contribution in [0.4, 0.5) is 5.69 Å². The summed E-state index contributed by atoms with van der Waals surface area (Å²) in [6.07, 6.45) is 3.27. The van der Waals surface area contributed by atoms with Crippen molar-refractivity contribution in [1.29, 1.82) is 0 Å². The molecule has 1 aromatic carbocycles. The summed E-state index contributed by atoms with van der Waals surface area (Å²) in [4.78, 5) is 11.8. The van der Waals surface area contributed by atoms with E-state index in [4.69, 9.17) is 10.5 Å². The lowest BCUT2D eigenvalue weighted by Crippen LogP contribution is -2.24. The smallest absolute Gasteiger partial charge is 0.251 e. The molecular formula is C13H20N2O2. The zero-order chi connectivity index (χ0) is 12.7. The first kappa shape index (κ1) is 13.4. The molecule has 0 aromatic heterocycles. The molecule has 1 amide bonds. The summed E-state index contributed by atoms with van der Waals surface area (Å²) in [5.41, 5.74) is 6.76. The maximum atomic E-state index is 11.8. The van der Waals surface area contributed by atoms with E-state index in [2.05, 4.69) is 12.2 Å². The van der Waals surface area contributed by atoms with Crippen LogP contribution in [-0.4, -0.2) is 19.6 Å². The standard InChI is InChI=1S/C13H20N2O2/c1-3-4-5-6-15-13(16)10-7-11(14)9-12(8-10)17-2/h7-9H,3-6,14H2,1-2H3,(H,15,16). The molecule has 0 bridgehead atoms. The largest absolute Gasteiger partial charge is 0.497 e. The molecule has 4 nitrogen and oxygen atoms in total. The number of anilines is 1. The van der Waals surface area contributed by atoms with Gasteiger partial charge in [0.05, 0.1) is 7.11 Å². The lowest BCUT2D eigenvalue weighted by molar-refractivity contribution is 0.0952. The molecule has 0 fully saturated rings. The zero-order valence-corrected chi connectivity index (χ0v) is 10.5. The number of amides is 1. The fourth-order valence-electron chi connectivity index (χ4n) is 1.55. The van der Waals surface area contributed by atoms with Crippen molar-refractivity contribution < 1.29 is 9.53 Å². The summed E-state index contributed by atoms with van der Waals surface area (Å²) in [6.45, 7) is 2.83. The molecule has 1 rings (SSSR count). The highest BCUT2D eigenvalue weighted by Gasteiger charge is 2.07. The second kappa shape index (κ2) is 6.78. The van der Waals surface area contributed by atoms with Gasteiger partial charge in [-0.2, -0.15) is 0 Å². The van der Waals surface area contributed by atoms with E-state index in [-0.39, 0.29) is 5.91 Å². The van der Waals surface area contributed by atoms with Crippen molar-refractivity contribution >= 4 is 11.6 Å². The average Bonchev–Trinajstić information content (AvgIpc) is 2.33. The topological polar surface area (TPSA) is 64.4 Å². The van der Waals surface area contributed by atoms with E-state index >= 15 is 0 Å². The molecule has 0 aliphatic heterocycles. The van der Waals surface area contributed by atoms with E-state index < -0.39 is 0 Å². The monoisotopic (exact) mass is 236 g/mol. The van der Waals surface area contributed by atoms with E-state index in [9.17, 15) is 4.79 Å². The number of nitrogen functional groups attached to an aromatic ring is 1. The van der Waals surface area contributed by atoms with Gasteiger partial charge < -0.3 is 15.8 Å². The lowest BCUT2D eigenvalue weighted by Gasteiger charge is -2.07. The third-order valence-electron chi connectivity index (χ3n) is 2.49. The van der Waals surface area contributed by atoms with Crippen molar-refractivity contribution in [2.75, 3.05) is 19.4 Å². The summed E-state index contributed by atoms with van der Waals surface area (Å²) in [5.74, 6) is 0.496. The summed E-state index contributed by atoms with van der Waals surface area (Å²) in [6, 6.07) is 5.02. The quantitative estimate of drug-likeness (QED) is 0.588. The first-order valence-corrected chi connectivity index (χ1v) is 5.90. The second-order valence-corrected chi connectivity index (χ2v) is 3.96. The van der Waals surface area contributed by atoms with E-state index in [0.717, 1.165) is 19.3 Å². The number of methoxy groups -OCH3 is 1. The second-order valence-electron chi connectivity index (χ2n) is 3.96. The van der Waals surface area contributed by atoms with Crippen LogP contribution in [0.5, 0.6) is 5.75 Å². The van der Waals surface area contributed by atoms with Crippen LogP contribution in [0.1, 0.15) is 36.5 Å². The minimum atomic E-state index is -0.105. The third-order valence-corrected chi connectivity index (χ3v) is 2.49. The third kappa shape index (κ3) is 4.34. The van der Waals surface area contributed by atoms with Crippen LogP contribution in [0.2, 0.25) is 0 Å². The average molecular weight is 236 g/mol. The molecule has 0 aliphatic rings. The number of rotatable bonds is 6. The Balaban J connectivity index is 2.59. The molecule has 1 aromatic rings. The minimum absolute atomic E-state index is 0.105. The van der Waals surface area contributed by atoms with Crippen LogP contribution in [-0.2, 0) is 0 Å². The zero-order valence-electron chi connectivity index (χ0n) is 10.5. The maximum Gasteiger partial charge on any atom is 0.251 e. The van der Waals surface area contributed by atoms with Crippen molar-refractivity contribution in [3.8, 4) is 5.75 Å². The Morgan fingerprint density at radius 1 is 1.35 bits per heavy atom. The number of ether oxygens (including phenoxy) is 1. The maximum absolute atomic E-state index is 11.8. The molecule has 0 unspecified atom stereocenters. The number of benzene rings is 1. The molecule has 0 radical (unpaired) electrons. The molecule has 94 valence electrons. The van der Waals surface area contributed by atoms with Gasteiger partial charge in [-0.25, -0.2) is 0 Å². The molecule has 4 heteroatoms. The molecule has 17 heavy (non-hydrogen) atoms. The van der Waals surface area contributed by atoms with Gasteiger partial charge in [0, 0.05) is 23.9 Å². The first-order chi connectivity index (χ1) is 8.17. The highest BCUT2D eigenvalue weighted by atomic mass is 16.5. The Morgan fingerprint density at radius 2 is 2.12 bits per heavy atom. The van der Waals surface area contributed by atoms with Gasteiger partial charge in [-0.05, 0) is 18.6 Å². The fraction of sp³-hybridized carbons (Fsp3) is 0.462. The van der Waals surface area contributed by atoms with Crippen LogP contribution in [0, 0.1) is 0 Å². The Kier molecular flexibility index (Phi) is 5.33. The van der Waals surface area contributed by atoms with Crippen LogP contribution in [0.15, 0.2) is 18.2 Å². The van der Waals surface area contributed by atoms with E-state index in [1.165, 1.54) is 0 Å². The Labute approximate surface area is 102 Å². The van der Waals surface area contributed by atoms with Gasteiger partial charge in [-0.1, -0.05) is 19.8 Å². The van der Waals surface area contributed by atoms with Crippen molar-refractivity contribution in [2.24, 2.45) is 0 Å². The van der Waals surface area contributed by atoms with Gasteiger partial charge in [0.2, 0.25) is 0 Å². The summed E-state index contributed by atoms with van der Waals surface area (Å²) < 4.78 is 5.07. The van der Waals surface area contributed by atoms with Crippen LogP contribution in [0.25, 0.3) is 0 Å². The van der Waals surface area contributed by atoms with Gasteiger partial charge in [0.1, 0.15) is 5.75 Å².